The minimum Gasteiger partial charge on any atom is -0.259 e. The SMILES string of the molecule is O=C1N=C(CCCc2ccccc2)CS1. The molecule has 0 aromatic heterocycles. The summed E-state index contributed by atoms with van der Waals surface area (Å²) in [7, 11) is 0. The Bertz CT molecular complexity index is 372. The van der Waals surface area contributed by atoms with Gasteiger partial charge in [-0.15, -0.1) is 0 Å². The maximum Gasteiger partial charge on any atom is 0.305 e. The summed E-state index contributed by atoms with van der Waals surface area (Å²) >= 11 is 1.31. The third kappa shape index (κ3) is 3.20. The molecule has 0 N–H and O–H groups in total. The average molecular weight is 219 g/mol. The van der Waals surface area contributed by atoms with Crippen LogP contribution in [0.25, 0.3) is 0 Å². The van der Waals surface area contributed by atoms with Crippen molar-refractivity contribution >= 4 is 22.7 Å². The molecular weight excluding hydrogens is 206 g/mol. The highest BCUT2D eigenvalue weighted by Gasteiger charge is 2.13. The lowest BCUT2D eigenvalue weighted by molar-refractivity contribution is 0.268. The molecule has 0 atom stereocenters. The maximum atomic E-state index is 10.9. The molecule has 1 aromatic carbocycles. The largest absolute Gasteiger partial charge is 0.305 e. The van der Waals surface area contributed by atoms with E-state index in [1.165, 1.54) is 17.3 Å². The zero-order chi connectivity index (χ0) is 10.5. The molecule has 0 saturated carbocycles. The van der Waals surface area contributed by atoms with Crippen molar-refractivity contribution in [3.05, 3.63) is 35.9 Å². The highest BCUT2D eigenvalue weighted by atomic mass is 32.2. The van der Waals surface area contributed by atoms with Gasteiger partial charge in [-0.3, -0.25) is 4.79 Å². The lowest BCUT2D eigenvalue weighted by Gasteiger charge is -2.00. The second-order valence-corrected chi connectivity index (χ2v) is 4.50. The van der Waals surface area contributed by atoms with Crippen LogP contribution in [0, 0.1) is 0 Å². The quantitative estimate of drug-likeness (QED) is 0.777. The molecule has 1 aliphatic rings. The Labute approximate surface area is 93.8 Å². The fourth-order valence-electron chi connectivity index (χ4n) is 1.61. The van der Waals surface area contributed by atoms with Gasteiger partial charge in [-0.2, -0.15) is 0 Å². The van der Waals surface area contributed by atoms with Crippen LogP contribution in [0.2, 0.25) is 0 Å². The van der Waals surface area contributed by atoms with Crippen molar-refractivity contribution in [1.82, 2.24) is 0 Å². The Balaban J connectivity index is 1.76. The molecule has 0 bridgehead atoms. The van der Waals surface area contributed by atoms with Gasteiger partial charge in [-0.05, 0) is 24.8 Å². The van der Waals surface area contributed by atoms with Crippen LogP contribution in [-0.4, -0.2) is 16.7 Å². The molecule has 0 radical (unpaired) electrons. The predicted molar refractivity (Wildman–Crippen MR) is 64.7 cm³/mol. The number of aryl methyl sites for hydroxylation is 1. The molecule has 2 rings (SSSR count). The Kier molecular flexibility index (Phi) is 3.56. The number of benzene rings is 1. The first-order chi connectivity index (χ1) is 7.34. The molecule has 1 amide bonds. The molecule has 0 saturated heterocycles. The van der Waals surface area contributed by atoms with E-state index in [2.05, 4.69) is 29.3 Å². The van der Waals surface area contributed by atoms with Crippen molar-refractivity contribution in [3.63, 3.8) is 0 Å². The number of hydrogen-bond donors (Lipinski definition) is 0. The number of carbonyl (C=O) groups excluding carboxylic acids is 1. The van der Waals surface area contributed by atoms with E-state index in [1.54, 1.807) is 0 Å². The Morgan fingerprint density at radius 1 is 1.20 bits per heavy atom. The molecule has 0 aliphatic carbocycles. The first-order valence-electron chi connectivity index (χ1n) is 5.12. The van der Waals surface area contributed by atoms with Crippen LogP contribution in [0.15, 0.2) is 35.3 Å². The van der Waals surface area contributed by atoms with E-state index in [-0.39, 0.29) is 5.24 Å². The number of hydrogen-bond acceptors (Lipinski definition) is 2. The van der Waals surface area contributed by atoms with Crippen molar-refractivity contribution in [2.45, 2.75) is 19.3 Å². The number of rotatable bonds is 4. The maximum absolute atomic E-state index is 10.9. The standard InChI is InChI=1S/C12H13NOS/c14-12-13-11(9-15-12)8-4-7-10-5-2-1-3-6-10/h1-3,5-6H,4,7-9H2. The molecule has 0 unspecified atom stereocenters. The average Bonchev–Trinajstić information content (AvgIpc) is 2.66. The van der Waals surface area contributed by atoms with Crippen LogP contribution < -0.4 is 0 Å². The fraction of sp³-hybridized carbons (Fsp3) is 0.333. The Morgan fingerprint density at radius 3 is 2.67 bits per heavy atom. The second kappa shape index (κ2) is 5.12. The van der Waals surface area contributed by atoms with Crippen molar-refractivity contribution in [2.24, 2.45) is 4.99 Å². The van der Waals surface area contributed by atoms with Gasteiger partial charge >= 0.3 is 5.24 Å². The zero-order valence-electron chi connectivity index (χ0n) is 8.48. The summed E-state index contributed by atoms with van der Waals surface area (Å²) in [5, 5.41) is -0.0234. The zero-order valence-corrected chi connectivity index (χ0v) is 9.30. The number of thioether (sulfide) groups is 1. The van der Waals surface area contributed by atoms with Gasteiger partial charge in [0.15, 0.2) is 0 Å². The summed E-state index contributed by atoms with van der Waals surface area (Å²) < 4.78 is 0. The van der Waals surface area contributed by atoms with Gasteiger partial charge in [-0.25, -0.2) is 4.99 Å². The summed E-state index contributed by atoms with van der Waals surface area (Å²) in [6, 6.07) is 10.4. The summed E-state index contributed by atoms with van der Waals surface area (Å²) in [6.07, 6.45) is 3.10. The van der Waals surface area contributed by atoms with Crippen molar-refractivity contribution in [1.29, 1.82) is 0 Å². The smallest absolute Gasteiger partial charge is 0.259 e. The third-order valence-corrected chi connectivity index (χ3v) is 3.20. The fourth-order valence-corrected chi connectivity index (χ4v) is 2.30. The van der Waals surface area contributed by atoms with Gasteiger partial charge in [-0.1, -0.05) is 42.1 Å². The van der Waals surface area contributed by atoms with Gasteiger partial charge in [0.2, 0.25) is 0 Å². The van der Waals surface area contributed by atoms with Gasteiger partial charge in [0.1, 0.15) is 0 Å². The van der Waals surface area contributed by atoms with Gasteiger partial charge in [0.25, 0.3) is 0 Å². The molecular formula is C12H13NOS. The first kappa shape index (κ1) is 10.4. The highest BCUT2D eigenvalue weighted by molar-refractivity contribution is 8.14. The summed E-state index contributed by atoms with van der Waals surface area (Å²) in [6.45, 7) is 0. The molecule has 78 valence electrons. The topological polar surface area (TPSA) is 29.4 Å². The van der Waals surface area contributed by atoms with Gasteiger partial charge in [0.05, 0.1) is 0 Å². The first-order valence-corrected chi connectivity index (χ1v) is 6.10. The Morgan fingerprint density at radius 2 is 2.00 bits per heavy atom. The lowest BCUT2D eigenvalue weighted by Crippen LogP contribution is -1.98. The van der Waals surface area contributed by atoms with Crippen LogP contribution in [0.1, 0.15) is 18.4 Å². The van der Waals surface area contributed by atoms with E-state index in [1.807, 2.05) is 6.07 Å². The van der Waals surface area contributed by atoms with E-state index in [4.69, 9.17) is 0 Å². The molecule has 1 aromatic rings. The summed E-state index contributed by atoms with van der Waals surface area (Å²) in [5.41, 5.74) is 2.41. The minimum atomic E-state index is -0.0234. The van der Waals surface area contributed by atoms with E-state index in [0.717, 1.165) is 30.7 Å². The van der Waals surface area contributed by atoms with E-state index in [9.17, 15) is 4.79 Å². The van der Waals surface area contributed by atoms with Gasteiger partial charge in [0, 0.05) is 11.5 Å². The predicted octanol–water partition coefficient (Wildman–Crippen LogP) is 3.32. The van der Waals surface area contributed by atoms with E-state index < -0.39 is 0 Å². The third-order valence-electron chi connectivity index (χ3n) is 2.39. The molecule has 1 heterocycles. The van der Waals surface area contributed by atoms with Crippen LogP contribution in [0.3, 0.4) is 0 Å². The monoisotopic (exact) mass is 219 g/mol. The number of carbonyl (C=O) groups is 1. The molecule has 15 heavy (non-hydrogen) atoms. The Hall–Kier alpha value is -1.09. The lowest BCUT2D eigenvalue weighted by atomic mass is 10.1. The van der Waals surface area contributed by atoms with Crippen LogP contribution >= 0.6 is 11.8 Å². The number of nitrogens with zero attached hydrogens (tertiary/aromatic N) is 1. The van der Waals surface area contributed by atoms with Crippen molar-refractivity contribution < 1.29 is 4.79 Å². The van der Waals surface area contributed by atoms with E-state index in [0.29, 0.717) is 0 Å². The van der Waals surface area contributed by atoms with Crippen molar-refractivity contribution in [2.75, 3.05) is 5.75 Å². The summed E-state index contributed by atoms with van der Waals surface area (Å²) in [4.78, 5) is 14.8. The molecule has 2 nitrogen and oxygen atoms in total. The van der Waals surface area contributed by atoms with E-state index >= 15 is 0 Å². The molecule has 0 spiro atoms. The number of aliphatic imine (C=N–C) groups is 1. The summed E-state index contributed by atoms with van der Waals surface area (Å²) in [5.74, 6) is 0.799. The van der Waals surface area contributed by atoms with Crippen LogP contribution in [0.5, 0.6) is 0 Å². The minimum absolute atomic E-state index is 0.0234. The normalized spacial score (nSPS) is 15.5. The highest BCUT2D eigenvalue weighted by Crippen LogP contribution is 2.17. The van der Waals surface area contributed by atoms with Crippen molar-refractivity contribution in [3.8, 4) is 0 Å². The molecule has 1 aliphatic heterocycles. The molecule has 0 fully saturated rings. The van der Waals surface area contributed by atoms with Crippen LogP contribution in [-0.2, 0) is 6.42 Å². The number of amides is 1. The second-order valence-electron chi connectivity index (χ2n) is 3.57. The van der Waals surface area contributed by atoms with Gasteiger partial charge < -0.3 is 0 Å². The molecule has 3 heteroatoms. The van der Waals surface area contributed by atoms with Crippen LogP contribution in [0.4, 0.5) is 4.79 Å².